The van der Waals surface area contributed by atoms with Crippen LogP contribution in [0.25, 0.3) is 28.2 Å². The van der Waals surface area contributed by atoms with Crippen LogP contribution in [0.15, 0.2) is 60.9 Å². The lowest BCUT2D eigenvalue weighted by Gasteiger charge is -2.32. The van der Waals surface area contributed by atoms with Gasteiger partial charge in [-0.2, -0.15) is 0 Å². The van der Waals surface area contributed by atoms with E-state index in [9.17, 15) is 4.39 Å². The predicted octanol–water partition coefficient (Wildman–Crippen LogP) is 3.49. The molecule has 0 spiro atoms. The van der Waals surface area contributed by atoms with E-state index in [4.69, 9.17) is 10.1 Å². The van der Waals surface area contributed by atoms with Gasteiger partial charge in [-0.05, 0) is 62.0 Å². The average Bonchev–Trinajstić information content (AvgIpc) is 3.46. The predicted molar refractivity (Wildman–Crippen MR) is 114 cm³/mol. The van der Waals surface area contributed by atoms with E-state index in [0.717, 1.165) is 47.1 Å². The summed E-state index contributed by atoms with van der Waals surface area (Å²) in [6, 6.07) is 15.6. The molecule has 30 heavy (non-hydrogen) atoms. The third kappa shape index (κ3) is 2.69. The van der Waals surface area contributed by atoms with Gasteiger partial charge in [0.05, 0.1) is 5.69 Å². The molecule has 5 heterocycles. The molecule has 2 aliphatic rings. The van der Waals surface area contributed by atoms with Crippen molar-refractivity contribution in [2.75, 3.05) is 25.0 Å². The number of anilines is 1. The van der Waals surface area contributed by atoms with Gasteiger partial charge in [0.15, 0.2) is 5.65 Å². The van der Waals surface area contributed by atoms with Crippen molar-refractivity contribution < 1.29 is 4.39 Å². The minimum atomic E-state index is -0.262. The number of pyridine rings is 1. The molecule has 3 aromatic heterocycles. The number of hydrogen-bond donors (Lipinski definition) is 0. The number of likely N-dealkylation sites (tertiary alicyclic amines) is 1. The van der Waals surface area contributed by atoms with Gasteiger partial charge in [-0.1, -0.05) is 0 Å². The molecule has 2 aliphatic heterocycles. The summed E-state index contributed by atoms with van der Waals surface area (Å²) in [6.07, 6.45) is 4.72. The van der Waals surface area contributed by atoms with Crippen molar-refractivity contribution in [1.29, 1.82) is 0 Å². The zero-order valence-electron chi connectivity index (χ0n) is 16.6. The zero-order chi connectivity index (χ0) is 20.2. The highest BCUT2D eigenvalue weighted by atomic mass is 19.1. The number of fused-ring (bicyclic) bond motifs is 3. The van der Waals surface area contributed by atoms with E-state index in [-0.39, 0.29) is 5.82 Å². The Kier molecular flexibility index (Phi) is 3.86. The molecular formula is C23H21FN6. The molecule has 2 bridgehead atoms. The molecule has 0 radical (unpaired) electrons. The van der Waals surface area contributed by atoms with Crippen molar-refractivity contribution >= 4 is 11.5 Å². The number of piperazine rings is 1. The molecule has 150 valence electrons. The van der Waals surface area contributed by atoms with Crippen LogP contribution < -0.4 is 4.90 Å². The summed E-state index contributed by atoms with van der Waals surface area (Å²) in [5.74, 6) is 0.712. The van der Waals surface area contributed by atoms with Gasteiger partial charge in [0.1, 0.15) is 17.3 Å². The Morgan fingerprint density at radius 1 is 0.900 bits per heavy atom. The summed E-state index contributed by atoms with van der Waals surface area (Å²) in [5, 5.41) is 5.01. The van der Waals surface area contributed by atoms with Gasteiger partial charge in [0, 0.05) is 48.7 Å². The van der Waals surface area contributed by atoms with E-state index < -0.39 is 0 Å². The number of rotatable bonds is 3. The first-order valence-electron chi connectivity index (χ1n) is 10.2. The summed E-state index contributed by atoms with van der Waals surface area (Å²) in [4.78, 5) is 13.8. The molecule has 0 amide bonds. The maximum Gasteiger partial charge on any atom is 0.155 e. The van der Waals surface area contributed by atoms with Gasteiger partial charge in [0.2, 0.25) is 0 Å². The molecular weight excluding hydrogens is 379 g/mol. The van der Waals surface area contributed by atoms with E-state index >= 15 is 0 Å². The molecule has 6 rings (SSSR count). The van der Waals surface area contributed by atoms with Gasteiger partial charge in [-0.25, -0.2) is 13.9 Å². The minimum absolute atomic E-state index is 0.262. The quantitative estimate of drug-likeness (QED) is 0.527. The fraction of sp³-hybridized carbons (Fsp3) is 0.261. The minimum Gasteiger partial charge on any atom is -0.349 e. The summed E-state index contributed by atoms with van der Waals surface area (Å²) >= 11 is 0. The van der Waals surface area contributed by atoms with Crippen LogP contribution in [0.2, 0.25) is 0 Å². The second-order valence-electron chi connectivity index (χ2n) is 8.15. The topological polar surface area (TPSA) is 49.6 Å². The molecule has 0 aliphatic carbocycles. The lowest BCUT2D eigenvalue weighted by Crippen LogP contribution is -2.45. The van der Waals surface area contributed by atoms with E-state index in [1.54, 1.807) is 24.5 Å². The van der Waals surface area contributed by atoms with Crippen LogP contribution in [0, 0.1) is 5.82 Å². The summed E-state index contributed by atoms with van der Waals surface area (Å²) < 4.78 is 15.4. The molecule has 1 aromatic carbocycles. The van der Waals surface area contributed by atoms with Crippen molar-refractivity contribution in [2.24, 2.45) is 0 Å². The number of aromatic nitrogens is 4. The van der Waals surface area contributed by atoms with Gasteiger partial charge >= 0.3 is 0 Å². The molecule has 6 nitrogen and oxygen atoms in total. The molecule has 4 aromatic rings. The lowest BCUT2D eigenvalue weighted by molar-refractivity contribution is 0.292. The van der Waals surface area contributed by atoms with E-state index in [1.165, 1.54) is 18.6 Å². The maximum absolute atomic E-state index is 13.5. The lowest BCUT2D eigenvalue weighted by atomic mass is 10.1. The van der Waals surface area contributed by atoms with Crippen LogP contribution in [0.4, 0.5) is 10.2 Å². The van der Waals surface area contributed by atoms with Gasteiger partial charge in [0.25, 0.3) is 0 Å². The number of likely N-dealkylation sites (N-methyl/N-ethyl adjacent to an activating group) is 1. The third-order valence-electron chi connectivity index (χ3n) is 6.34. The van der Waals surface area contributed by atoms with Crippen LogP contribution in [0.1, 0.15) is 6.42 Å². The Bertz CT molecular complexity index is 1220. The Labute approximate surface area is 173 Å². The average molecular weight is 400 g/mol. The van der Waals surface area contributed by atoms with Crippen molar-refractivity contribution in [3.8, 4) is 22.5 Å². The molecule has 0 unspecified atom stereocenters. The Morgan fingerprint density at radius 2 is 1.70 bits per heavy atom. The first-order chi connectivity index (χ1) is 14.7. The highest BCUT2D eigenvalue weighted by molar-refractivity contribution is 5.81. The summed E-state index contributed by atoms with van der Waals surface area (Å²) in [6.45, 7) is 2.08. The van der Waals surface area contributed by atoms with Gasteiger partial charge in [-0.15, -0.1) is 5.10 Å². The van der Waals surface area contributed by atoms with Crippen LogP contribution in [-0.2, 0) is 0 Å². The number of nitrogens with zero attached hydrogens (tertiary/aromatic N) is 6. The number of halogens is 1. The largest absolute Gasteiger partial charge is 0.349 e. The zero-order valence-corrected chi connectivity index (χ0v) is 16.6. The molecule has 2 fully saturated rings. The third-order valence-corrected chi connectivity index (χ3v) is 6.34. The molecule has 2 atom stereocenters. The van der Waals surface area contributed by atoms with E-state index in [2.05, 4.69) is 27.9 Å². The fourth-order valence-corrected chi connectivity index (χ4v) is 4.80. The molecule has 7 heteroatoms. The smallest absolute Gasteiger partial charge is 0.155 e. The van der Waals surface area contributed by atoms with Gasteiger partial charge < -0.3 is 4.90 Å². The second kappa shape index (κ2) is 6.60. The first kappa shape index (κ1) is 17.5. The van der Waals surface area contributed by atoms with Gasteiger partial charge in [-0.3, -0.25) is 9.88 Å². The second-order valence-corrected chi connectivity index (χ2v) is 8.15. The molecule has 0 saturated carbocycles. The number of benzene rings is 1. The van der Waals surface area contributed by atoms with E-state index in [1.807, 2.05) is 22.7 Å². The van der Waals surface area contributed by atoms with Crippen LogP contribution in [-0.4, -0.2) is 56.7 Å². The van der Waals surface area contributed by atoms with E-state index in [0.29, 0.717) is 12.1 Å². The van der Waals surface area contributed by atoms with Crippen molar-refractivity contribution in [2.45, 2.75) is 18.5 Å². The summed E-state index contributed by atoms with van der Waals surface area (Å²) in [5.41, 5.74) is 4.28. The normalized spacial score (nSPS) is 21.1. The fourth-order valence-electron chi connectivity index (χ4n) is 4.80. The van der Waals surface area contributed by atoms with Crippen LogP contribution >= 0.6 is 0 Å². The molecule has 2 saturated heterocycles. The monoisotopic (exact) mass is 400 g/mol. The Balaban J connectivity index is 1.52. The molecule has 0 N–H and O–H groups in total. The standard InChI is InChI=1S/C23H21FN6/c1-28-13-19-12-18(28)14-29(19)21-7-6-20-26-22(15-2-4-17(24)5-3-15)23(30(20)27-21)16-8-10-25-11-9-16/h2-11,18-19H,12-14H2,1H3/t18-,19-/m0/s1. The summed E-state index contributed by atoms with van der Waals surface area (Å²) in [7, 11) is 2.20. The van der Waals surface area contributed by atoms with Crippen LogP contribution in [0.5, 0.6) is 0 Å². The van der Waals surface area contributed by atoms with Crippen molar-refractivity contribution in [3.63, 3.8) is 0 Å². The Morgan fingerprint density at radius 3 is 2.40 bits per heavy atom. The highest BCUT2D eigenvalue weighted by Gasteiger charge is 2.42. The number of hydrogen-bond acceptors (Lipinski definition) is 5. The SMILES string of the molecule is CN1C[C@@H]2C[C@H]1CN2c1ccc2nc(-c3ccc(F)cc3)c(-c3ccncc3)n2n1. The highest BCUT2D eigenvalue weighted by Crippen LogP contribution is 2.35. The van der Waals surface area contributed by atoms with Crippen LogP contribution in [0.3, 0.4) is 0 Å². The van der Waals surface area contributed by atoms with Crippen molar-refractivity contribution in [3.05, 3.63) is 66.7 Å². The Hall–Kier alpha value is -3.32. The maximum atomic E-state index is 13.5. The first-order valence-corrected chi connectivity index (χ1v) is 10.2. The number of imidazole rings is 1. The van der Waals surface area contributed by atoms with Crippen molar-refractivity contribution in [1.82, 2.24) is 24.5 Å².